The fourth-order valence-corrected chi connectivity index (χ4v) is 12.2. The summed E-state index contributed by atoms with van der Waals surface area (Å²) in [7, 11) is -1.59. The topological polar surface area (TPSA) is 37.9 Å². The van der Waals surface area contributed by atoms with Gasteiger partial charge in [0.25, 0.3) is 13.4 Å². The molecular formula is C70H60B2F30N2OSi. The molecule has 0 saturated carbocycles. The van der Waals surface area contributed by atoms with E-state index in [2.05, 4.69) is 62.7 Å². The number of nitrogens with one attached hydrogen (secondary N) is 1. The van der Waals surface area contributed by atoms with Gasteiger partial charge < -0.3 is 9.41 Å². The number of rotatable bonds is 29. The highest BCUT2D eigenvalue weighted by Crippen LogP contribution is 2.30. The van der Waals surface area contributed by atoms with Crippen LogP contribution in [0.15, 0.2) is 24.3 Å². The Morgan fingerprint density at radius 3 is 0.689 bits per heavy atom. The molecule has 0 saturated heterocycles. The molecular weight excluding hydrogens is 1500 g/mol. The molecule has 576 valence electrons. The molecule has 0 spiro atoms. The van der Waals surface area contributed by atoms with E-state index in [-0.39, 0.29) is 0 Å². The molecule has 0 amide bonds. The van der Waals surface area contributed by atoms with Gasteiger partial charge in [-0.05, 0) is 69.6 Å². The molecule has 0 bridgehead atoms. The molecule has 3 nitrogen and oxygen atoms in total. The molecule has 0 unspecified atom stereocenters. The molecule has 1 aromatic heterocycles. The van der Waals surface area contributed by atoms with Gasteiger partial charge in [0, 0.05) is 44.0 Å². The number of halogens is 30. The van der Waals surface area contributed by atoms with Crippen LogP contribution in [-0.2, 0) is 12.8 Å². The molecule has 0 atom stereocenters. The lowest BCUT2D eigenvalue weighted by atomic mass is 9.36. The summed E-state index contributed by atoms with van der Waals surface area (Å²) in [6.45, 7) is 3.35. The number of unbranched alkanes of at least 4 members (excludes halogenated alkanes) is 16. The highest BCUT2D eigenvalue weighted by atomic mass is 28.4. The van der Waals surface area contributed by atoms with Crippen molar-refractivity contribution in [2.24, 2.45) is 0 Å². The number of imidazole rings is 1. The second-order valence-corrected chi connectivity index (χ2v) is 29.6. The maximum Gasteiger partial charge on any atom is 0.265 e. The summed E-state index contributed by atoms with van der Waals surface area (Å²) < 4.78 is 423. The molecule has 36 heteroatoms. The van der Waals surface area contributed by atoms with Crippen molar-refractivity contribution in [3.05, 3.63) is 210 Å². The second kappa shape index (κ2) is 37.6. The number of aromatic amines is 1. The molecule has 0 fully saturated rings. The zero-order valence-corrected chi connectivity index (χ0v) is 57.3. The largest absolute Gasteiger partial charge is 0.544 e. The molecule has 0 aliphatic carbocycles. The predicted molar refractivity (Wildman–Crippen MR) is 337 cm³/mol. The number of hydrogen-bond donors (Lipinski definition) is 1. The number of hydrogen-bond acceptors (Lipinski definition) is 2. The average molecular weight is 1560 g/mol. The molecule has 0 aliphatic heterocycles. The molecule has 1 heterocycles. The molecule has 8 rings (SSSR count). The van der Waals surface area contributed by atoms with Gasteiger partial charge in [-0.3, -0.25) is 0 Å². The lowest BCUT2D eigenvalue weighted by Crippen LogP contribution is -2.60. The standard InChI is InChI=1S/C34H60N2OSi.2C18BF15/c1-6-8-10-12-14-16-18-20-22-24-32-33(25-23-21-19-17-15-13-11-9-7-2)36-34(35-32)30-26-28-31(29-27-30)37-38(3,4)5;2*20-4-1(5(21)11(27)16(32)10(4)26)19(2-6(22)12(28)17(33)13(29)7(2)23)3-8(24)14(30)18(34)15(31)9(3)25/h26-29H,6-25H2,1-5H3,(H,35,36);;. The first-order valence-electron chi connectivity index (χ1n) is 32.7. The molecule has 106 heavy (non-hydrogen) atoms. The van der Waals surface area contributed by atoms with Crippen LogP contribution in [-0.4, -0.2) is 31.7 Å². The normalized spacial score (nSPS) is 11.5. The van der Waals surface area contributed by atoms with Crippen molar-refractivity contribution in [2.75, 3.05) is 0 Å². The Balaban J connectivity index is 0.000000250. The zero-order valence-electron chi connectivity index (χ0n) is 56.3. The van der Waals surface area contributed by atoms with Gasteiger partial charge in [0.15, 0.2) is 175 Å². The average Bonchev–Trinajstić information content (AvgIpc) is 0.773. The highest BCUT2D eigenvalue weighted by molar-refractivity contribution is 6.96. The third kappa shape index (κ3) is 19.0. The van der Waals surface area contributed by atoms with Gasteiger partial charge in [0.2, 0.25) is 8.32 Å². The van der Waals surface area contributed by atoms with Crippen molar-refractivity contribution in [1.29, 1.82) is 0 Å². The summed E-state index contributed by atoms with van der Waals surface area (Å²) in [5.41, 5.74) is -12.2. The SMILES string of the molecule is CCCCCCCCCCCc1nc(-c2ccc(O[Si](C)(C)C)cc2)[nH]c1CCCCCCCCCCC.Fc1c(F)c(F)c(B(c2c(F)c(F)c(F)c(F)c2F)c2c(F)c(F)c(F)c(F)c2F)c(F)c1F.Fc1c(F)c(F)c(B(c2c(F)c(F)c(F)c(F)c2F)c2c(F)c(F)c(F)c(F)c2F)c(F)c1F. The van der Waals surface area contributed by atoms with Crippen LogP contribution in [0, 0.1) is 175 Å². The quantitative estimate of drug-likeness (QED) is 0.0167. The third-order valence-electron chi connectivity index (χ3n) is 16.7. The van der Waals surface area contributed by atoms with Crippen LogP contribution in [0.2, 0.25) is 19.6 Å². The zero-order chi connectivity index (χ0) is 79.4. The molecule has 0 radical (unpaired) electrons. The predicted octanol–water partition coefficient (Wildman–Crippen LogP) is 20.0. The van der Waals surface area contributed by atoms with Crippen LogP contribution in [0.3, 0.4) is 0 Å². The third-order valence-corrected chi connectivity index (χ3v) is 17.5. The Morgan fingerprint density at radius 1 is 0.274 bits per heavy atom. The Bertz CT molecular complexity index is 3720. The molecule has 1 N–H and O–H groups in total. The molecule has 0 aliphatic rings. The lowest BCUT2D eigenvalue weighted by molar-refractivity contribution is 0.380. The first-order chi connectivity index (χ1) is 49.7. The van der Waals surface area contributed by atoms with Gasteiger partial charge in [-0.25, -0.2) is 137 Å². The van der Waals surface area contributed by atoms with Gasteiger partial charge >= 0.3 is 0 Å². The lowest BCUT2D eigenvalue weighted by Gasteiger charge is -2.21. The number of H-pyrrole nitrogens is 1. The number of nitrogens with zero attached hydrogens (tertiary/aromatic N) is 1. The van der Waals surface area contributed by atoms with Gasteiger partial charge in [0.1, 0.15) is 11.6 Å². The van der Waals surface area contributed by atoms with Crippen molar-refractivity contribution in [2.45, 2.75) is 162 Å². The van der Waals surface area contributed by atoms with E-state index in [1.165, 1.54) is 133 Å². The Kier molecular flexibility index (Phi) is 30.7. The maximum absolute atomic E-state index is 14.4. The maximum atomic E-state index is 14.4. The summed E-state index contributed by atoms with van der Waals surface area (Å²) in [4.78, 5) is 8.85. The van der Waals surface area contributed by atoms with Crippen LogP contribution >= 0.6 is 0 Å². The minimum atomic E-state index is -3.96. The van der Waals surface area contributed by atoms with Crippen molar-refractivity contribution in [3.63, 3.8) is 0 Å². The second-order valence-electron chi connectivity index (χ2n) is 25.2. The van der Waals surface area contributed by atoms with Gasteiger partial charge in [-0.2, -0.15) is 0 Å². The van der Waals surface area contributed by atoms with E-state index in [9.17, 15) is 132 Å². The monoisotopic (exact) mass is 1560 g/mol. The van der Waals surface area contributed by atoms with E-state index in [1.807, 2.05) is 0 Å². The van der Waals surface area contributed by atoms with Crippen molar-refractivity contribution in [3.8, 4) is 17.1 Å². The first-order valence-corrected chi connectivity index (χ1v) is 36.1. The smallest absolute Gasteiger partial charge is 0.265 e. The van der Waals surface area contributed by atoms with Crippen molar-refractivity contribution < 1.29 is 136 Å². The fraction of sp³-hybridized carbons (Fsp3) is 0.357. The summed E-state index contributed by atoms with van der Waals surface area (Å²) in [5, 5.41) is 0. The van der Waals surface area contributed by atoms with Crippen LogP contribution in [0.4, 0.5) is 132 Å². The van der Waals surface area contributed by atoms with Gasteiger partial charge in [0.05, 0.1) is 5.69 Å². The van der Waals surface area contributed by atoms with E-state index < -0.39 is 229 Å². The van der Waals surface area contributed by atoms with Crippen molar-refractivity contribution in [1.82, 2.24) is 9.97 Å². The van der Waals surface area contributed by atoms with Gasteiger partial charge in [-0.1, -0.05) is 117 Å². The summed E-state index contributed by atoms with van der Waals surface area (Å²) in [6.07, 6.45) is 26.9. The van der Waals surface area contributed by atoms with E-state index >= 15 is 0 Å². The minimum Gasteiger partial charge on any atom is -0.544 e. The minimum absolute atomic E-state index is 0.976. The van der Waals surface area contributed by atoms with Gasteiger partial charge in [-0.15, -0.1) is 0 Å². The van der Waals surface area contributed by atoms with E-state index in [1.54, 1.807) is 0 Å². The summed E-state index contributed by atoms with van der Waals surface area (Å²) in [6, 6.07) is 8.55. The molecule has 7 aromatic carbocycles. The molecule has 8 aromatic rings. The summed E-state index contributed by atoms with van der Waals surface area (Å²) in [5.74, 6) is -88.4. The number of aromatic nitrogens is 2. The number of aryl methyl sites for hydroxylation is 2. The summed E-state index contributed by atoms with van der Waals surface area (Å²) >= 11 is 0. The van der Waals surface area contributed by atoms with Crippen molar-refractivity contribution >= 4 is 54.5 Å². The Labute approximate surface area is 588 Å². The van der Waals surface area contributed by atoms with Crippen LogP contribution in [0.1, 0.15) is 141 Å². The van der Waals surface area contributed by atoms with E-state index in [0.717, 1.165) is 24.4 Å². The van der Waals surface area contributed by atoms with Crippen LogP contribution in [0.5, 0.6) is 5.75 Å². The van der Waals surface area contributed by atoms with Crippen LogP contribution < -0.4 is 37.2 Å². The van der Waals surface area contributed by atoms with Crippen LogP contribution in [0.25, 0.3) is 11.4 Å². The van der Waals surface area contributed by atoms with E-state index in [0.29, 0.717) is 0 Å². The van der Waals surface area contributed by atoms with E-state index in [4.69, 9.17) is 9.41 Å². The highest BCUT2D eigenvalue weighted by Gasteiger charge is 2.48. The fourth-order valence-electron chi connectivity index (χ4n) is 11.4. The Morgan fingerprint density at radius 2 is 0.472 bits per heavy atom. The Hall–Kier alpha value is -8.20. The first kappa shape index (κ1) is 86.7. The number of benzene rings is 7.